The van der Waals surface area contributed by atoms with Crippen LogP contribution in [0.1, 0.15) is 24.4 Å². The first kappa shape index (κ1) is 21.1. The van der Waals surface area contributed by atoms with Crippen LogP contribution in [0, 0.1) is 0 Å². The SMILES string of the molecule is COc1ccc(OC)c([C@@H]2CCC[NH+]2CC(=O)Nc2cccc(S(C)(=O)=O)c2)c1. The second-order valence-corrected chi connectivity index (χ2v) is 9.25. The fourth-order valence-corrected chi connectivity index (χ4v) is 4.49. The molecule has 1 saturated heterocycles. The largest absolute Gasteiger partial charge is 0.497 e. The summed E-state index contributed by atoms with van der Waals surface area (Å²) in [5, 5.41) is 2.82. The lowest BCUT2D eigenvalue weighted by Gasteiger charge is -2.23. The van der Waals surface area contributed by atoms with E-state index in [4.69, 9.17) is 9.47 Å². The monoisotopic (exact) mass is 419 g/mol. The topological polar surface area (TPSA) is 86.1 Å². The second kappa shape index (κ2) is 8.84. The van der Waals surface area contributed by atoms with E-state index in [9.17, 15) is 13.2 Å². The van der Waals surface area contributed by atoms with Gasteiger partial charge in [0.25, 0.3) is 5.91 Å². The van der Waals surface area contributed by atoms with Crippen LogP contribution in [0.3, 0.4) is 0 Å². The van der Waals surface area contributed by atoms with Crippen molar-refractivity contribution in [3.8, 4) is 11.5 Å². The Bertz CT molecular complexity index is 990. The van der Waals surface area contributed by atoms with Gasteiger partial charge in [0, 0.05) is 24.8 Å². The number of methoxy groups -OCH3 is 2. The summed E-state index contributed by atoms with van der Waals surface area (Å²) in [6, 6.07) is 12.2. The molecule has 7 nitrogen and oxygen atoms in total. The van der Waals surface area contributed by atoms with Crippen LogP contribution in [0.15, 0.2) is 47.4 Å². The Balaban J connectivity index is 1.74. The lowest BCUT2D eigenvalue weighted by molar-refractivity contribution is -0.910. The first-order valence-corrected chi connectivity index (χ1v) is 11.4. The van der Waals surface area contributed by atoms with Gasteiger partial charge in [0.2, 0.25) is 0 Å². The minimum atomic E-state index is -3.32. The molecule has 0 saturated carbocycles. The van der Waals surface area contributed by atoms with Gasteiger partial charge < -0.3 is 19.7 Å². The zero-order valence-electron chi connectivity index (χ0n) is 16.9. The van der Waals surface area contributed by atoms with Crippen LogP contribution in [0.4, 0.5) is 5.69 Å². The number of ether oxygens (including phenoxy) is 2. The molecule has 0 aliphatic carbocycles. The molecule has 0 spiro atoms. The third-order valence-corrected chi connectivity index (χ3v) is 6.34. The summed E-state index contributed by atoms with van der Waals surface area (Å²) >= 11 is 0. The van der Waals surface area contributed by atoms with Crippen molar-refractivity contribution in [2.75, 3.05) is 38.9 Å². The Morgan fingerprint density at radius 2 is 1.97 bits per heavy atom. The molecule has 1 aliphatic heterocycles. The number of carbonyl (C=O) groups excluding carboxylic acids is 1. The van der Waals surface area contributed by atoms with Crippen LogP contribution in [0.2, 0.25) is 0 Å². The van der Waals surface area contributed by atoms with E-state index in [1.807, 2.05) is 18.2 Å². The minimum absolute atomic E-state index is 0.133. The summed E-state index contributed by atoms with van der Waals surface area (Å²) in [6.07, 6.45) is 3.11. The number of carbonyl (C=O) groups is 1. The fourth-order valence-electron chi connectivity index (χ4n) is 3.83. The summed E-state index contributed by atoms with van der Waals surface area (Å²) in [5.74, 6) is 1.39. The normalized spacial score (nSPS) is 19.0. The van der Waals surface area contributed by atoms with Crippen molar-refractivity contribution in [1.29, 1.82) is 0 Å². The predicted molar refractivity (Wildman–Crippen MR) is 110 cm³/mol. The van der Waals surface area contributed by atoms with Crippen molar-refractivity contribution >= 4 is 21.4 Å². The molecule has 29 heavy (non-hydrogen) atoms. The quantitative estimate of drug-likeness (QED) is 0.710. The van der Waals surface area contributed by atoms with E-state index in [1.165, 1.54) is 12.1 Å². The van der Waals surface area contributed by atoms with Gasteiger partial charge in [0.15, 0.2) is 16.4 Å². The molecule has 0 radical (unpaired) electrons. The average molecular weight is 420 g/mol. The van der Waals surface area contributed by atoms with E-state index in [0.717, 1.165) is 47.6 Å². The molecule has 3 rings (SSSR count). The van der Waals surface area contributed by atoms with Gasteiger partial charge in [0.05, 0.1) is 31.2 Å². The highest BCUT2D eigenvalue weighted by Crippen LogP contribution is 2.31. The third-order valence-electron chi connectivity index (χ3n) is 5.23. The number of rotatable bonds is 7. The minimum Gasteiger partial charge on any atom is -0.497 e. The number of hydrogen-bond donors (Lipinski definition) is 2. The summed E-state index contributed by atoms with van der Waals surface area (Å²) in [6.45, 7) is 1.16. The van der Waals surface area contributed by atoms with Crippen LogP contribution >= 0.6 is 0 Å². The Morgan fingerprint density at radius 3 is 2.66 bits per heavy atom. The number of benzene rings is 2. The molecule has 1 aliphatic rings. The Morgan fingerprint density at radius 1 is 1.17 bits per heavy atom. The standard InChI is InChI=1S/C21H26N2O5S/c1-27-16-9-10-20(28-2)18(13-16)19-8-5-11-23(19)14-21(24)22-15-6-4-7-17(12-15)29(3,25)26/h4,6-7,9-10,12-13,19H,5,8,11,14H2,1-3H3,(H,22,24)/p+1/t19-/m0/s1. The average Bonchev–Trinajstić information content (AvgIpc) is 3.14. The Kier molecular flexibility index (Phi) is 6.44. The number of hydrogen-bond acceptors (Lipinski definition) is 5. The maximum Gasteiger partial charge on any atom is 0.279 e. The van der Waals surface area contributed by atoms with E-state index in [-0.39, 0.29) is 23.4 Å². The predicted octanol–water partition coefficient (Wildman–Crippen LogP) is 1.47. The number of anilines is 1. The van der Waals surface area contributed by atoms with Gasteiger partial charge in [-0.1, -0.05) is 6.07 Å². The number of likely N-dealkylation sites (tertiary alicyclic amines) is 1. The molecule has 156 valence electrons. The van der Waals surface area contributed by atoms with Crippen LogP contribution in [0.5, 0.6) is 11.5 Å². The van der Waals surface area contributed by atoms with Crippen LogP contribution in [-0.2, 0) is 14.6 Å². The Hall–Kier alpha value is -2.58. The van der Waals surface area contributed by atoms with Gasteiger partial charge in [-0.3, -0.25) is 4.79 Å². The van der Waals surface area contributed by atoms with Gasteiger partial charge in [-0.15, -0.1) is 0 Å². The van der Waals surface area contributed by atoms with Gasteiger partial charge in [-0.25, -0.2) is 8.42 Å². The van der Waals surface area contributed by atoms with E-state index in [1.54, 1.807) is 26.4 Å². The van der Waals surface area contributed by atoms with Crippen molar-refractivity contribution in [1.82, 2.24) is 0 Å². The second-order valence-electron chi connectivity index (χ2n) is 7.24. The zero-order valence-corrected chi connectivity index (χ0v) is 17.7. The molecule has 2 atom stereocenters. The van der Waals surface area contributed by atoms with E-state index < -0.39 is 9.84 Å². The van der Waals surface area contributed by atoms with Gasteiger partial charge >= 0.3 is 0 Å². The number of sulfone groups is 1. The zero-order chi connectivity index (χ0) is 21.0. The molecule has 2 aromatic rings. The fraction of sp³-hybridized carbons (Fsp3) is 0.381. The molecule has 1 unspecified atom stereocenters. The van der Waals surface area contributed by atoms with E-state index >= 15 is 0 Å². The highest BCUT2D eigenvalue weighted by Gasteiger charge is 2.34. The number of nitrogens with one attached hydrogen (secondary N) is 2. The summed E-state index contributed by atoms with van der Waals surface area (Å²) < 4.78 is 34.3. The maximum absolute atomic E-state index is 12.6. The lowest BCUT2D eigenvalue weighted by Crippen LogP contribution is -3.11. The number of amides is 1. The number of quaternary nitrogens is 1. The van der Waals surface area contributed by atoms with Crippen molar-refractivity contribution in [2.45, 2.75) is 23.8 Å². The molecule has 1 heterocycles. The van der Waals surface area contributed by atoms with Crippen LogP contribution in [-0.4, -0.2) is 47.9 Å². The molecule has 8 heteroatoms. The summed E-state index contributed by atoms with van der Waals surface area (Å²) in [5.41, 5.74) is 1.51. The molecule has 1 fully saturated rings. The Labute approximate surface area is 171 Å². The third kappa shape index (κ3) is 5.07. The smallest absolute Gasteiger partial charge is 0.279 e. The molecule has 2 aromatic carbocycles. The molecular weight excluding hydrogens is 392 g/mol. The first-order chi connectivity index (χ1) is 13.8. The molecular formula is C21H27N2O5S+. The van der Waals surface area contributed by atoms with Crippen LogP contribution in [0.25, 0.3) is 0 Å². The molecule has 1 amide bonds. The molecule has 0 bridgehead atoms. The highest BCUT2D eigenvalue weighted by atomic mass is 32.2. The van der Waals surface area contributed by atoms with E-state index in [2.05, 4.69) is 5.32 Å². The van der Waals surface area contributed by atoms with Crippen molar-refractivity contribution < 1.29 is 27.6 Å². The van der Waals surface area contributed by atoms with Crippen LogP contribution < -0.4 is 19.7 Å². The molecule has 0 aromatic heterocycles. The molecule has 2 N–H and O–H groups in total. The van der Waals surface area contributed by atoms with Crippen molar-refractivity contribution in [3.05, 3.63) is 48.0 Å². The highest BCUT2D eigenvalue weighted by molar-refractivity contribution is 7.90. The van der Waals surface area contributed by atoms with Gasteiger partial charge in [-0.05, 0) is 36.4 Å². The van der Waals surface area contributed by atoms with Gasteiger partial charge in [-0.2, -0.15) is 0 Å². The van der Waals surface area contributed by atoms with Crippen molar-refractivity contribution in [3.63, 3.8) is 0 Å². The van der Waals surface area contributed by atoms with E-state index in [0.29, 0.717) is 5.69 Å². The maximum atomic E-state index is 12.6. The first-order valence-electron chi connectivity index (χ1n) is 9.48. The summed E-state index contributed by atoms with van der Waals surface area (Å²) in [7, 11) is -0.0567. The van der Waals surface area contributed by atoms with Crippen molar-refractivity contribution in [2.24, 2.45) is 0 Å². The summed E-state index contributed by atoms with van der Waals surface area (Å²) in [4.78, 5) is 14.0. The van der Waals surface area contributed by atoms with Gasteiger partial charge in [0.1, 0.15) is 17.5 Å². The lowest BCUT2D eigenvalue weighted by atomic mass is 10.0.